The summed E-state index contributed by atoms with van der Waals surface area (Å²) in [6.45, 7) is 4.11. The van der Waals surface area contributed by atoms with Gasteiger partial charge in [0.15, 0.2) is 0 Å². The van der Waals surface area contributed by atoms with E-state index in [2.05, 4.69) is 21.9 Å². The number of carbonyl (C=O) groups excluding carboxylic acids is 3. The van der Waals surface area contributed by atoms with Gasteiger partial charge in [-0.05, 0) is 50.0 Å². The van der Waals surface area contributed by atoms with Crippen LogP contribution in [-0.2, 0) is 24.4 Å². The van der Waals surface area contributed by atoms with Crippen LogP contribution in [0.25, 0.3) is 10.8 Å². The van der Waals surface area contributed by atoms with Crippen LogP contribution in [0.2, 0.25) is 0 Å². The molecule has 2 aliphatic carbocycles. The van der Waals surface area contributed by atoms with Crippen molar-refractivity contribution in [1.82, 2.24) is 19.9 Å². The van der Waals surface area contributed by atoms with E-state index in [4.69, 9.17) is 15.2 Å². The average molecular weight is 690 g/mol. The van der Waals surface area contributed by atoms with Crippen molar-refractivity contribution in [3.05, 3.63) is 42.6 Å². The fourth-order valence-corrected chi connectivity index (χ4v) is 8.06. The van der Waals surface area contributed by atoms with Gasteiger partial charge in [0, 0.05) is 23.1 Å². The highest BCUT2D eigenvalue weighted by molar-refractivity contribution is 7.91. The molecule has 3 amide bonds. The minimum absolute atomic E-state index is 0. The average Bonchev–Trinajstić information content (AvgIpc) is 3.96. The van der Waals surface area contributed by atoms with Crippen molar-refractivity contribution >= 4 is 50.9 Å². The normalized spacial score (nSPS) is 32.0. The Bertz CT molecular complexity index is 1670. The number of nitrogens with two attached hydrogens (primary N) is 1. The Morgan fingerprint density at radius 1 is 1.11 bits per heavy atom. The molecule has 1 aromatic carbocycles. The standard InChI is InChI=1S/C33H43N5O7S.ClH/c1-19-7-6-8-20(2)28(34)31(40)38-18-22(45-30-25-10-5-4-9-24(25)27(44-3)17-35-30)15-26(38)29(39)36-33(16-21(33)12-11-19)32(41)37-46(42,43)23-13-14-23;/h4-5,9-12,17,19-23,26,28H,6-8,13-16,18,34H2,1-3H3,(H,36,39)(H,37,41);1H/b12-11-;/t19?,20-,21-,22-,26+,28+,33-;/m1./s1. The minimum atomic E-state index is -3.84. The third kappa shape index (κ3) is 7.07. The lowest BCUT2D eigenvalue weighted by molar-refractivity contribution is -0.141. The lowest BCUT2D eigenvalue weighted by Crippen LogP contribution is -2.58. The third-order valence-electron chi connectivity index (χ3n) is 9.92. The van der Waals surface area contributed by atoms with E-state index in [-0.39, 0.29) is 55.5 Å². The number of amides is 3. The first-order chi connectivity index (χ1) is 21.9. The number of fused-ring (bicyclic) bond motifs is 3. The first-order valence-corrected chi connectivity index (χ1v) is 17.7. The third-order valence-corrected chi connectivity index (χ3v) is 11.7. The highest BCUT2D eigenvalue weighted by Crippen LogP contribution is 2.46. The highest BCUT2D eigenvalue weighted by Gasteiger charge is 2.62. The summed E-state index contributed by atoms with van der Waals surface area (Å²) in [5.41, 5.74) is 5.08. The molecule has 256 valence electrons. The number of allylic oxidation sites excluding steroid dienone is 1. The van der Waals surface area contributed by atoms with E-state index in [0.717, 1.165) is 30.0 Å². The van der Waals surface area contributed by atoms with Crippen LogP contribution in [-0.4, -0.2) is 78.7 Å². The predicted octanol–water partition coefficient (Wildman–Crippen LogP) is 2.84. The van der Waals surface area contributed by atoms with Crippen molar-refractivity contribution < 1.29 is 32.3 Å². The van der Waals surface area contributed by atoms with Gasteiger partial charge >= 0.3 is 0 Å². The second-order valence-corrected chi connectivity index (χ2v) is 15.4. The maximum Gasteiger partial charge on any atom is 0.259 e. The molecule has 2 aromatic rings. The number of pyridine rings is 1. The van der Waals surface area contributed by atoms with Crippen molar-refractivity contribution in [2.45, 2.75) is 87.8 Å². The summed E-state index contributed by atoms with van der Waals surface area (Å²) < 4.78 is 39.5. The Hall–Kier alpha value is -3.42. The maximum absolute atomic E-state index is 14.1. The number of ether oxygens (including phenoxy) is 2. The topological polar surface area (TPSA) is 170 Å². The smallest absolute Gasteiger partial charge is 0.259 e. The lowest BCUT2D eigenvalue weighted by Gasteiger charge is -2.30. The highest BCUT2D eigenvalue weighted by atomic mass is 35.5. The van der Waals surface area contributed by atoms with Crippen LogP contribution in [0.4, 0.5) is 0 Å². The first-order valence-electron chi connectivity index (χ1n) is 16.1. The van der Waals surface area contributed by atoms with Gasteiger partial charge in [0.1, 0.15) is 23.4 Å². The Balaban J connectivity index is 0.00000433. The number of benzene rings is 1. The molecule has 2 saturated carbocycles. The molecule has 0 radical (unpaired) electrons. The molecular weight excluding hydrogens is 646 g/mol. The van der Waals surface area contributed by atoms with E-state index < -0.39 is 50.8 Å². The SMILES string of the molecule is COc1cnc(O[C@@H]2C[C@H]3C(=O)N[C@]4(C(=O)NS(=O)(=O)C5CC5)C[C@H]4/C=C\C(C)CCC[C@@H](C)[C@H](N)C(=O)N3C2)c2ccccc12.Cl. The molecule has 1 saturated heterocycles. The number of carbonyl (C=O) groups is 3. The molecule has 0 spiro atoms. The molecule has 3 heterocycles. The van der Waals surface area contributed by atoms with Crippen molar-refractivity contribution in [2.24, 2.45) is 23.5 Å². The molecule has 3 fully saturated rings. The molecule has 0 bridgehead atoms. The summed E-state index contributed by atoms with van der Waals surface area (Å²) in [5, 5.41) is 3.83. The van der Waals surface area contributed by atoms with E-state index in [0.29, 0.717) is 24.5 Å². The summed E-state index contributed by atoms with van der Waals surface area (Å²) >= 11 is 0. The number of hydrogen-bond donors (Lipinski definition) is 3. The van der Waals surface area contributed by atoms with E-state index in [1.165, 1.54) is 4.90 Å². The second kappa shape index (κ2) is 13.6. The number of sulfonamides is 1. The van der Waals surface area contributed by atoms with Gasteiger partial charge in [-0.3, -0.25) is 19.1 Å². The molecule has 1 aromatic heterocycles. The largest absolute Gasteiger partial charge is 0.494 e. The van der Waals surface area contributed by atoms with Gasteiger partial charge in [0.25, 0.3) is 5.91 Å². The van der Waals surface area contributed by atoms with Crippen molar-refractivity contribution in [2.75, 3.05) is 13.7 Å². The number of nitrogens with one attached hydrogen (secondary N) is 2. The zero-order chi connectivity index (χ0) is 32.8. The fourth-order valence-electron chi connectivity index (χ4n) is 6.69. The van der Waals surface area contributed by atoms with Gasteiger partial charge in [0.05, 0.1) is 31.1 Å². The molecule has 47 heavy (non-hydrogen) atoms. The number of rotatable bonds is 6. The summed E-state index contributed by atoms with van der Waals surface area (Å²) in [4.78, 5) is 47.5. The van der Waals surface area contributed by atoms with Gasteiger partial charge in [-0.25, -0.2) is 13.4 Å². The van der Waals surface area contributed by atoms with Gasteiger partial charge in [-0.15, -0.1) is 12.4 Å². The summed E-state index contributed by atoms with van der Waals surface area (Å²) in [6.07, 6.45) is 8.76. The Morgan fingerprint density at radius 2 is 1.83 bits per heavy atom. The Labute approximate surface area is 281 Å². The van der Waals surface area contributed by atoms with Crippen LogP contribution >= 0.6 is 12.4 Å². The Morgan fingerprint density at radius 3 is 2.53 bits per heavy atom. The number of nitrogens with zero attached hydrogens (tertiary/aromatic N) is 2. The van der Waals surface area contributed by atoms with E-state index in [1.54, 1.807) is 13.3 Å². The quantitative estimate of drug-likeness (QED) is 0.386. The predicted molar refractivity (Wildman–Crippen MR) is 178 cm³/mol. The number of methoxy groups -OCH3 is 1. The monoisotopic (exact) mass is 689 g/mol. The molecule has 4 N–H and O–H groups in total. The van der Waals surface area contributed by atoms with E-state index in [9.17, 15) is 22.8 Å². The number of hydrogen-bond acceptors (Lipinski definition) is 9. The van der Waals surface area contributed by atoms with Crippen LogP contribution in [0.15, 0.2) is 42.6 Å². The molecule has 14 heteroatoms. The van der Waals surface area contributed by atoms with E-state index in [1.807, 2.05) is 43.3 Å². The zero-order valence-corrected chi connectivity index (χ0v) is 28.5. The summed E-state index contributed by atoms with van der Waals surface area (Å²) in [6, 6.07) is 5.69. The van der Waals surface area contributed by atoms with Crippen molar-refractivity contribution in [1.29, 1.82) is 0 Å². The van der Waals surface area contributed by atoms with Gasteiger partial charge in [0.2, 0.25) is 27.7 Å². The van der Waals surface area contributed by atoms with Gasteiger partial charge in [-0.2, -0.15) is 0 Å². The minimum Gasteiger partial charge on any atom is -0.494 e. The number of halogens is 1. The summed E-state index contributed by atoms with van der Waals surface area (Å²) in [7, 11) is -2.27. The van der Waals surface area contributed by atoms with Gasteiger partial charge in [-0.1, -0.05) is 50.6 Å². The van der Waals surface area contributed by atoms with Gasteiger partial charge < -0.3 is 25.4 Å². The maximum atomic E-state index is 14.1. The Kier molecular flexibility index (Phi) is 10.1. The molecule has 7 atom stereocenters. The van der Waals surface area contributed by atoms with Crippen LogP contribution in [0.3, 0.4) is 0 Å². The van der Waals surface area contributed by atoms with Crippen LogP contribution in [0.5, 0.6) is 11.6 Å². The van der Waals surface area contributed by atoms with Crippen LogP contribution in [0.1, 0.15) is 58.8 Å². The van der Waals surface area contributed by atoms with Crippen molar-refractivity contribution in [3.8, 4) is 11.6 Å². The van der Waals surface area contributed by atoms with Crippen LogP contribution < -0.4 is 25.2 Å². The fraction of sp³-hybridized carbons (Fsp3) is 0.576. The molecule has 6 rings (SSSR count). The molecule has 1 unspecified atom stereocenters. The molecule has 2 aliphatic heterocycles. The molecule has 4 aliphatic rings. The van der Waals surface area contributed by atoms with Crippen LogP contribution in [0, 0.1) is 17.8 Å². The second-order valence-electron chi connectivity index (χ2n) is 13.4. The molecule has 12 nitrogen and oxygen atoms in total. The van der Waals surface area contributed by atoms with E-state index >= 15 is 0 Å². The number of aromatic nitrogens is 1. The molecular formula is C33H44ClN5O7S. The zero-order valence-electron chi connectivity index (χ0n) is 26.9. The summed E-state index contributed by atoms with van der Waals surface area (Å²) in [5.74, 6) is -1.04. The van der Waals surface area contributed by atoms with Crippen molar-refractivity contribution in [3.63, 3.8) is 0 Å². The first kappa shape index (κ1) is 34.9. The lowest BCUT2D eigenvalue weighted by atomic mass is 9.92.